The van der Waals surface area contributed by atoms with Crippen molar-refractivity contribution in [2.45, 2.75) is 6.54 Å². The van der Waals surface area contributed by atoms with Crippen LogP contribution < -0.4 is 10.6 Å². The molecule has 5 heteroatoms. The molecule has 2 rings (SSSR count). The Balaban J connectivity index is 1.79. The highest BCUT2D eigenvalue weighted by Crippen LogP contribution is 2.15. The van der Waals surface area contributed by atoms with Gasteiger partial charge in [-0.3, -0.25) is 9.59 Å². The smallest absolute Gasteiger partial charge is 0.252 e. The standard InChI is InChI=1S/C16H15BrN2O2/c17-14-9-5-4-8-13(14)16(21)19-11-15(20)18-10-12-6-2-1-3-7-12/h1-9H,10-11H2,(H,18,20)(H,19,21). The fraction of sp³-hybridized carbons (Fsp3) is 0.125. The number of hydrogen-bond acceptors (Lipinski definition) is 2. The molecule has 0 spiro atoms. The number of rotatable bonds is 5. The van der Waals surface area contributed by atoms with Crippen LogP contribution >= 0.6 is 15.9 Å². The van der Waals surface area contributed by atoms with Gasteiger partial charge < -0.3 is 10.6 Å². The highest BCUT2D eigenvalue weighted by atomic mass is 79.9. The maximum atomic E-state index is 11.9. The predicted molar refractivity (Wildman–Crippen MR) is 84.8 cm³/mol. The van der Waals surface area contributed by atoms with Gasteiger partial charge in [-0.1, -0.05) is 42.5 Å². The number of nitrogens with one attached hydrogen (secondary N) is 2. The quantitative estimate of drug-likeness (QED) is 0.873. The first-order valence-corrected chi connectivity index (χ1v) is 7.29. The molecule has 0 saturated heterocycles. The topological polar surface area (TPSA) is 58.2 Å². The average Bonchev–Trinajstić information content (AvgIpc) is 2.52. The number of amides is 2. The van der Waals surface area contributed by atoms with E-state index in [4.69, 9.17) is 0 Å². The molecule has 0 heterocycles. The van der Waals surface area contributed by atoms with E-state index in [2.05, 4.69) is 26.6 Å². The third-order valence-electron chi connectivity index (χ3n) is 2.86. The summed E-state index contributed by atoms with van der Waals surface area (Å²) in [5.74, 6) is -0.503. The zero-order valence-corrected chi connectivity index (χ0v) is 12.9. The third-order valence-corrected chi connectivity index (χ3v) is 3.55. The van der Waals surface area contributed by atoms with E-state index in [9.17, 15) is 9.59 Å². The van der Waals surface area contributed by atoms with Crippen molar-refractivity contribution in [1.29, 1.82) is 0 Å². The van der Waals surface area contributed by atoms with Crippen molar-refractivity contribution in [3.63, 3.8) is 0 Å². The van der Waals surface area contributed by atoms with Crippen molar-refractivity contribution in [1.82, 2.24) is 10.6 Å². The minimum Gasteiger partial charge on any atom is -0.350 e. The Kier molecular flexibility index (Phi) is 5.51. The molecule has 21 heavy (non-hydrogen) atoms. The van der Waals surface area contributed by atoms with Gasteiger partial charge in [0.1, 0.15) is 0 Å². The number of benzene rings is 2. The van der Waals surface area contributed by atoms with Crippen LogP contribution in [-0.4, -0.2) is 18.4 Å². The number of hydrogen-bond donors (Lipinski definition) is 2. The van der Waals surface area contributed by atoms with Crippen molar-refractivity contribution in [3.8, 4) is 0 Å². The molecule has 4 nitrogen and oxygen atoms in total. The summed E-state index contributed by atoms with van der Waals surface area (Å²) in [6.45, 7) is 0.400. The molecule has 0 fully saturated rings. The van der Waals surface area contributed by atoms with Crippen LogP contribution in [0.4, 0.5) is 0 Å². The van der Waals surface area contributed by atoms with Gasteiger partial charge in [-0.25, -0.2) is 0 Å². The summed E-state index contributed by atoms with van der Waals surface area (Å²) in [5, 5.41) is 5.35. The lowest BCUT2D eigenvalue weighted by Crippen LogP contribution is -2.36. The number of halogens is 1. The van der Waals surface area contributed by atoms with Crippen LogP contribution in [0, 0.1) is 0 Å². The predicted octanol–water partition coefficient (Wildman–Crippen LogP) is 2.50. The molecule has 0 aliphatic heterocycles. The summed E-state index contributed by atoms with van der Waals surface area (Å²) in [6.07, 6.45) is 0. The lowest BCUT2D eigenvalue weighted by molar-refractivity contribution is -0.120. The molecule has 0 unspecified atom stereocenters. The third kappa shape index (κ3) is 4.72. The molecule has 0 radical (unpaired) electrons. The largest absolute Gasteiger partial charge is 0.350 e. The summed E-state index contributed by atoms with van der Waals surface area (Å²) in [6, 6.07) is 16.7. The van der Waals surface area contributed by atoms with Gasteiger partial charge in [0.25, 0.3) is 5.91 Å². The Labute approximate surface area is 131 Å². The van der Waals surface area contributed by atoms with Crippen molar-refractivity contribution >= 4 is 27.7 Å². The molecule has 2 aromatic rings. The van der Waals surface area contributed by atoms with Gasteiger partial charge in [-0.2, -0.15) is 0 Å². The molecule has 0 aromatic heterocycles. The average molecular weight is 347 g/mol. The van der Waals surface area contributed by atoms with Crippen LogP contribution in [0.15, 0.2) is 59.1 Å². The van der Waals surface area contributed by atoms with Gasteiger partial charge in [0.15, 0.2) is 0 Å². The molecular weight excluding hydrogens is 332 g/mol. The Morgan fingerprint density at radius 2 is 1.57 bits per heavy atom. The number of carbonyl (C=O) groups is 2. The molecule has 0 atom stereocenters. The molecule has 0 bridgehead atoms. The summed E-state index contributed by atoms with van der Waals surface area (Å²) in [7, 11) is 0. The summed E-state index contributed by atoms with van der Waals surface area (Å²) in [5.41, 5.74) is 1.52. The zero-order chi connectivity index (χ0) is 15.1. The van der Waals surface area contributed by atoms with Crippen molar-refractivity contribution < 1.29 is 9.59 Å². The monoisotopic (exact) mass is 346 g/mol. The minimum atomic E-state index is -0.280. The summed E-state index contributed by atoms with van der Waals surface area (Å²) < 4.78 is 0.701. The normalized spacial score (nSPS) is 9.95. The van der Waals surface area contributed by atoms with Gasteiger partial charge in [0, 0.05) is 11.0 Å². The van der Waals surface area contributed by atoms with Gasteiger partial charge in [0.2, 0.25) is 5.91 Å². The molecule has 2 aromatic carbocycles. The molecule has 2 amide bonds. The van der Waals surface area contributed by atoms with Crippen LogP contribution in [0.1, 0.15) is 15.9 Å². The SMILES string of the molecule is O=C(CNC(=O)c1ccccc1Br)NCc1ccccc1. The minimum absolute atomic E-state index is 0.0486. The van der Waals surface area contributed by atoms with Gasteiger partial charge >= 0.3 is 0 Å². The molecular formula is C16H15BrN2O2. The Hall–Kier alpha value is -2.14. The molecule has 0 saturated carbocycles. The van der Waals surface area contributed by atoms with E-state index in [0.717, 1.165) is 5.56 Å². The van der Waals surface area contributed by atoms with Crippen LogP contribution in [0.2, 0.25) is 0 Å². The highest BCUT2D eigenvalue weighted by molar-refractivity contribution is 9.10. The Bertz CT molecular complexity index is 629. The van der Waals surface area contributed by atoms with Crippen molar-refractivity contribution in [2.75, 3.05) is 6.54 Å². The maximum absolute atomic E-state index is 11.9. The van der Waals surface area contributed by atoms with Gasteiger partial charge in [0.05, 0.1) is 12.1 Å². The fourth-order valence-corrected chi connectivity index (χ4v) is 2.22. The lowest BCUT2D eigenvalue weighted by Gasteiger charge is -2.08. The van der Waals surface area contributed by atoms with Crippen LogP contribution in [-0.2, 0) is 11.3 Å². The first-order valence-electron chi connectivity index (χ1n) is 6.50. The van der Waals surface area contributed by atoms with Crippen LogP contribution in [0.3, 0.4) is 0 Å². The van der Waals surface area contributed by atoms with E-state index in [-0.39, 0.29) is 18.4 Å². The van der Waals surface area contributed by atoms with Gasteiger partial charge in [-0.15, -0.1) is 0 Å². The van der Waals surface area contributed by atoms with E-state index < -0.39 is 0 Å². The first kappa shape index (κ1) is 15.3. The van der Waals surface area contributed by atoms with Crippen LogP contribution in [0.25, 0.3) is 0 Å². The molecule has 108 valence electrons. The molecule has 2 N–H and O–H groups in total. The first-order chi connectivity index (χ1) is 10.2. The van der Waals surface area contributed by atoms with E-state index in [1.807, 2.05) is 36.4 Å². The Morgan fingerprint density at radius 1 is 0.905 bits per heavy atom. The lowest BCUT2D eigenvalue weighted by atomic mass is 10.2. The van der Waals surface area contributed by atoms with Crippen molar-refractivity contribution in [2.24, 2.45) is 0 Å². The summed E-state index contributed by atoms with van der Waals surface area (Å²) in [4.78, 5) is 23.6. The zero-order valence-electron chi connectivity index (χ0n) is 11.3. The van der Waals surface area contributed by atoms with E-state index in [0.29, 0.717) is 16.6 Å². The maximum Gasteiger partial charge on any atom is 0.252 e. The van der Waals surface area contributed by atoms with E-state index >= 15 is 0 Å². The van der Waals surface area contributed by atoms with Crippen molar-refractivity contribution in [3.05, 3.63) is 70.2 Å². The highest BCUT2D eigenvalue weighted by Gasteiger charge is 2.10. The van der Waals surface area contributed by atoms with E-state index in [1.54, 1.807) is 18.2 Å². The second kappa shape index (κ2) is 7.59. The van der Waals surface area contributed by atoms with E-state index in [1.165, 1.54) is 0 Å². The molecule has 0 aliphatic carbocycles. The second-order valence-corrected chi connectivity index (χ2v) is 5.28. The molecule has 0 aliphatic rings. The Morgan fingerprint density at radius 3 is 2.29 bits per heavy atom. The number of carbonyl (C=O) groups excluding carboxylic acids is 2. The van der Waals surface area contributed by atoms with Gasteiger partial charge in [-0.05, 0) is 33.6 Å². The summed E-state index contributed by atoms with van der Waals surface area (Å²) >= 11 is 3.30. The van der Waals surface area contributed by atoms with Crippen LogP contribution in [0.5, 0.6) is 0 Å². The second-order valence-electron chi connectivity index (χ2n) is 4.42. The fourth-order valence-electron chi connectivity index (χ4n) is 1.76.